The van der Waals surface area contributed by atoms with Crippen LogP contribution in [0.15, 0.2) is 34.1 Å². The van der Waals surface area contributed by atoms with Gasteiger partial charge < -0.3 is 10.6 Å². The van der Waals surface area contributed by atoms with Gasteiger partial charge in [-0.2, -0.15) is 0 Å². The van der Waals surface area contributed by atoms with Crippen molar-refractivity contribution in [1.82, 2.24) is 4.98 Å². The number of nitrogens with zero attached hydrogens (tertiary/aromatic N) is 1. The summed E-state index contributed by atoms with van der Waals surface area (Å²) in [6.07, 6.45) is 4.34. The van der Waals surface area contributed by atoms with Gasteiger partial charge in [0.2, 0.25) is 11.8 Å². The number of benzene rings is 1. The molecule has 1 heterocycles. The number of aromatic nitrogens is 1. The molecule has 7 heteroatoms. The molecule has 0 atom stereocenters. The summed E-state index contributed by atoms with van der Waals surface area (Å²) in [5.41, 5.74) is 1.40. The minimum Gasteiger partial charge on any atom is -0.326 e. The van der Waals surface area contributed by atoms with E-state index in [9.17, 15) is 9.59 Å². The zero-order valence-corrected chi connectivity index (χ0v) is 15.5. The van der Waals surface area contributed by atoms with Crippen molar-refractivity contribution in [2.45, 2.75) is 32.1 Å². The Morgan fingerprint density at radius 3 is 2.79 bits per heavy atom. The van der Waals surface area contributed by atoms with Gasteiger partial charge in [0.15, 0.2) is 5.13 Å². The second kappa shape index (κ2) is 7.90. The second-order valence-corrected chi connectivity index (χ2v) is 7.62. The smallest absolute Gasteiger partial charge is 0.230 e. The predicted molar refractivity (Wildman–Crippen MR) is 99.2 cm³/mol. The van der Waals surface area contributed by atoms with Crippen LogP contribution in [-0.2, 0) is 16.0 Å². The largest absolute Gasteiger partial charge is 0.326 e. The van der Waals surface area contributed by atoms with Crippen LogP contribution in [-0.4, -0.2) is 16.8 Å². The number of halogens is 1. The molecule has 1 fully saturated rings. The van der Waals surface area contributed by atoms with Crippen LogP contribution in [0.1, 0.15) is 31.4 Å². The van der Waals surface area contributed by atoms with E-state index in [1.807, 2.05) is 29.6 Å². The Balaban J connectivity index is 1.53. The minimum atomic E-state index is -0.132. The molecule has 126 valence electrons. The van der Waals surface area contributed by atoms with Crippen LogP contribution < -0.4 is 10.6 Å². The highest BCUT2D eigenvalue weighted by Gasteiger charge is 2.23. The zero-order valence-electron chi connectivity index (χ0n) is 13.0. The molecule has 1 aromatic carbocycles. The second-order valence-electron chi connectivity index (χ2n) is 5.85. The summed E-state index contributed by atoms with van der Waals surface area (Å²) in [6, 6.07) is 7.43. The number of rotatable bonds is 5. The molecule has 5 nitrogen and oxygen atoms in total. The first-order valence-corrected chi connectivity index (χ1v) is 9.58. The summed E-state index contributed by atoms with van der Waals surface area (Å²) in [5, 5.41) is 8.08. The molecule has 2 amide bonds. The molecule has 2 N–H and O–H groups in total. The maximum atomic E-state index is 12.1. The van der Waals surface area contributed by atoms with Crippen molar-refractivity contribution in [2.75, 3.05) is 10.6 Å². The number of anilines is 2. The van der Waals surface area contributed by atoms with Crippen LogP contribution in [0, 0.1) is 5.92 Å². The highest BCUT2D eigenvalue weighted by molar-refractivity contribution is 9.10. The lowest BCUT2D eigenvalue weighted by Gasteiger charge is -2.07. The average Bonchev–Trinajstić information content (AvgIpc) is 3.19. The third-order valence-electron chi connectivity index (χ3n) is 3.96. The van der Waals surface area contributed by atoms with Crippen molar-refractivity contribution in [3.05, 3.63) is 39.8 Å². The molecule has 24 heavy (non-hydrogen) atoms. The normalized spacial score (nSPS) is 14.5. The van der Waals surface area contributed by atoms with Gasteiger partial charge in [-0.1, -0.05) is 34.8 Å². The fraction of sp³-hybridized carbons (Fsp3) is 0.353. The molecular formula is C17H18BrN3O2S. The molecule has 0 aliphatic heterocycles. The lowest BCUT2D eigenvalue weighted by molar-refractivity contribution is -0.119. The van der Waals surface area contributed by atoms with Gasteiger partial charge in [0.1, 0.15) is 0 Å². The molecule has 1 aliphatic rings. The summed E-state index contributed by atoms with van der Waals surface area (Å²) in [7, 11) is 0. The van der Waals surface area contributed by atoms with Crippen LogP contribution in [0.3, 0.4) is 0 Å². The Morgan fingerprint density at radius 2 is 2.04 bits per heavy atom. The van der Waals surface area contributed by atoms with Crippen molar-refractivity contribution in [3.63, 3.8) is 0 Å². The SMILES string of the molecule is O=C(Cc1csc(NC(=O)C2CCCC2)n1)Nc1cccc(Br)c1. The van der Waals surface area contributed by atoms with Gasteiger partial charge in [-0.15, -0.1) is 11.3 Å². The van der Waals surface area contributed by atoms with Crippen molar-refractivity contribution in [1.29, 1.82) is 0 Å². The third-order valence-corrected chi connectivity index (χ3v) is 5.26. The maximum absolute atomic E-state index is 12.1. The fourth-order valence-corrected chi connectivity index (χ4v) is 3.89. The number of hydrogen-bond acceptors (Lipinski definition) is 4. The van der Waals surface area contributed by atoms with Crippen LogP contribution in [0.2, 0.25) is 0 Å². The van der Waals surface area contributed by atoms with Crippen LogP contribution >= 0.6 is 27.3 Å². The number of carbonyl (C=O) groups excluding carboxylic acids is 2. The molecule has 1 aromatic heterocycles. The van der Waals surface area contributed by atoms with E-state index in [4.69, 9.17) is 0 Å². The monoisotopic (exact) mass is 407 g/mol. The van der Waals surface area contributed by atoms with E-state index in [1.54, 1.807) is 0 Å². The molecule has 1 aliphatic carbocycles. The first-order valence-electron chi connectivity index (χ1n) is 7.91. The van der Waals surface area contributed by atoms with Crippen molar-refractivity contribution >= 4 is 49.9 Å². The van der Waals surface area contributed by atoms with Crippen LogP contribution in [0.4, 0.5) is 10.8 Å². The fourth-order valence-electron chi connectivity index (χ4n) is 2.78. The summed E-state index contributed by atoms with van der Waals surface area (Å²) < 4.78 is 0.908. The van der Waals surface area contributed by atoms with Crippen LogP contribution in [0.5, 0.6) is 0 Å². The number of amides is 2. The lowest BCUT2D eigenvalue weighted by Crippen LogP contribution is -2.20. The molecule has 3 rings (SSSR count). The Bertz CT molecular complexity index is 741. The van der Waals surface area contributed by atoms with Crippen molar-refractivity contribution in [3.8, 4) is 0 Å². The van der Waals surface area contributed by atoms with Gasteiger partial charge >= 0.3 is 0 Å². The molecule has 0 radical (unpaired) electrons. The molecular weight excluding hydrogens is 390 g/mol. The molecule has 0 bridgehead atoms. The Kier molecular flexibility index (Phi) is 5.63. The Hall–Kier alpha value is -1.73. The van der Waals surface area contributed by atoms with Gasteiger partial charge in [0.25, 0.3) is 0 Å². The molecule has 0 saturated heterocycles. The summed E-state index contributed by atoms with van der Waals surface area (Å²) in [6.45, 7) is 0. The highest BCUT2D eigenvalue weighted by Crippen LogP contribution is 2.26. The van der Waals surface area contributed by atoms with Gasteiger partial charge in [-0.25, -0.2) is 4.98 Å². The summed E-state index contributed by atoms with van der Waals surface area (Å²) in [4.78, 5) is 28.5. The minimum absolute atomic E-state index is 0.0481. The van der Waals surface area contributed by atoms with Crippen molar-refractivity contribution < 1.29 is 9.59 Å². The van der Waals surface area contributed by atoms with Gasteiger partial charge in [0, 0.05) is 21.5 Å². The van der Waals surface area contributed by atoms with Gasteiger partial charge in [-0.3, -0.25) is 9.59 Å². The van der Waals surface area contributed by atoms with E-state index < -0.39 is 0 Å². The molecule has 2 aromatic rings. The number of thiazole rings is 1. The Morgan fingerprint density at radius 1 is 1.25 bits per heavy atom. The predicted octanol–water partition coefficient (Wildman–Crippen LogP) is 4.22. The number of carbonyl (C=O) groups is 2. The molecule has 1 saturated carbocycles. The standard InChI is InChI=1S/C17H18BrN3O2S/c18-12-6-3-7-13(8-12)19-15(22)9-14-10-24-17(20-14)21-16(23)11-4-1-2-5-11/h3,6-8,10-11H,1-2,4-5,9H2,(H,19,22)(H,20,21,23). The zero-order chi connectivity index (χ0) is 16.9. The Labute approximate surface area is 153 Å². The number of hydrogen-bond donors (Lipinski definition) is 2. The van der Waals surface area contributed by atoms with Crippen LogP contribution in [0.25, 0.3) is 0 Å². The molecule has 0 unspecified atom stereocenters. The highest BCUT2D eigenvalue weighted by atomic mass is 79.9. The van der Waals surface area contributed by atoms with E-state index in [-0.39, 0.29) is 24.2 Å². The van der Waals surface area contributed by atoms with E-state index in [2.05, 4.69) is 31.5 Å². The number of nitrogens with one attached hydrogen (secondary N) is 2. The van der Waals surface area contributed by atoms with E-state index >= 15 is 0 Å². The first kappa shape index (κ1) is 17.1. The van der Waals surface area contributed by atoms with Gasteiger partial charge in [-0.05, 0) is 31.0 Å². The van der Waals surface area contributed by atoms with Crippen molar-refractivity contribution in [2.24, 2.45) is 5.92 Å². The quantitative estimate of drug-likeness (QED) is 0.779. The topological polar surface area (TPSA) is 71.1 Å². The lowest BCUT2D eigenvalue weighted by atomic mass is 10.1. The van der Waals surface area contributed by atoms with E-state index in [0.717, 1.165) is 35.8 Å². The van der Waals surface area contributed by atoms with Gasteiger partial charge in [0.05, 0.1) is 12.1 Å². The summed E-state index contributed by atoms with van der Waals surface area (Å²) >= 11 is 4.73. The third kappa shape index (κ3) is 4.64. The van der Waals surface area contributed by atoms with E-state index in [0.29, 0.717) is 10.8 Å². The maximum Gasteiger partial charge on any atom is 0.230 e. The average molecular weight is 408 g/mol. The first-order chi connectivity index (χ1) is 11.6. The molecule has 0 spiro atoms. The summed E-state index contributed by atoms with van der Waals surface area (Å²) in [5.74, 6) is 0.0243. The van der Waals surface area contributed by atoms with E-state index in [1.165, 1.54) is 11.3 Å².